The van der Waals surface area contributed by atoms with Crippen molar-refractivity contribution in [1.29, 1.82) is 0 Å². The topological polar surface area (TPSA) is 84.2 Å². The van der Waals surface area contributed by atoms with Gasteiger partial charge in [-0.2, -0.15) is 0 Å². The Morgan fingerprint density at radius 1 is 1.08 bits per heavy atom. The van der Waals surface area contributed by atoms with Crippen molar-refractivity contribution in [2.75, 3.05) is 12.3 Å². The smallest absolute Gasteiger partial charge is 0.318 e. The molecule has 0 radical (unpaired) electrons. The van der Waals surface area contributed by atoms with Crippen LogP contribution in [0.5, 0.6) is 0 Å². The van der Waals surface area contributed by atoms with Gasteiger partial charge >= 0.3 is 6.03 Å². The number of halogens is 1. The Kier molecular flexibility index (Phi) is 7.30. The van der Waals surface area contributed by atoms with Crippen molar-refractivity contribution in [2.24, 2.45) is 5.73 Å². The summed E-state index contributed by atoms with van der Waals surface area (Å²) in [6.45, 7) is 0.604. The predicted octanol–water partition coefficient (Wildman–Crippen LogP) is 3.07. The highest BCUT2D eigenvalue weighted by atomic mass is 79.9. The summed E-state index contributed by atoms with van der Waals surface area (Å²) in [5.41, 5.74) is 5.83. The molecule has 0 aromatic heterocycles. The van der Waals surface area contributed by atoms with Crippen LogP contribution in [-0.2, 0) is 4.79 Å². The molecule has 0 aliphatic rings. The molecule has 0 saturated carbocycles. The van der Waals surface area contributed by atoms with Gasteiger partial charge < -0.3 is 11.1 Å². The molecule has 126 valence electrons. The molecule has 0 bridgehead atoms. The standard InChI is InChI=1S/C17H18BrN3O2S/c18-13-6-8-14(9-7-13)24-11-10-20-15(16(22)21-17(19)23)12-4-2-1-3-5-12/h1-9,15,20H,10-11H2,(H3,19,21,22,23)/t15-/m0/s1. The minimum atomic E-state index is -0.855. The second kappa shape index (κ2) is 9.46. The number of thioether (sulfide) groups is 1. The van der Waals surface area contributed by atoms with Crippen LogP contribution in [0, 0.1) is 0 Å². The molecule has 0 fully saturated rings. The highest BCUT2D eigenvalue weighted by molar-refractivity contribution is 9.10. The number of nitrogens with one attached hydrogen (secondary N) is 2. The summed E-state index contributed by atoms with van der Waals surface area (Å²) in [6, 6.07) is 15.8. The molecule has 3 amide bonds. The van der Waals surface area contributed by atoms with E-state index < -0.39 is 18.0 Å². The Balaban J connectivity index is 1.92. The molecule has 2 aromatic carbocycles. The van der Waals surface area contributed by atoms with E-state index in [1.807, 2.05) is 54.6 Å². The third-order valence-corrected chi connectivity index (χ3v) is 4.72. The third-order valence-electron chi connectivity index (χ3n) is 3.17. The molecule has 0 unspecified atom stereocenters. The van der Waals surface area contributed by atoms with Gasteiger partial charge in [0.25, 0.3) is 0 Å². The maximum atomic E-state index is 12.2. The van der Waals surface area contributed by atoms with E-state index in [1.54, 1.807) is 11.8 Å². The summed E-state index contributed by atoms with van der Waals surface area (Å²) in [7, 11) is 0. The normalized spacial score (nSPS) is 11.7. The number of primary amides is 1. The minimum absolute atomic E-state index is 0.456. The van der Waals surface area contributed by atoms with E-state index in [-0.39, 0.29) is 0 Å². The summed E-state index contributed by atoms with van der Waals surface area (Å²) in [6.07, 6.45) is 0. The van der Waals surface area contributed by atoms with E-state index in [9.17, 15) is 9.59 Å². The number of benzene rings is 2. The average molecular weight is 408 g/mol. The van der Waals surface area contributed by atoms with E-state index >= 15 is 0 Å². The van der Waals surface area contributed by atoms with Crippen LogP contribution in [0.15, 0.2) is 64.0 Å². The Bertz CT molecular complexity index is 680. The number of carbonyl (C=O) groups is 2. The second-order valence-electron chi connectivity index (χ2n) is 4.95. The minimum Gasteiger partial charge on any atom is -0.351 e. The first-order valence-corrected chi connectivity index (χ1v) is 9.11. The first-order valence-electron chi connectivity index (χ1n) is 7.33. The Labute approximate surface area is 153 Å². The van der Waals surface area contributed by atoms with Gasteiger partial charge in [0.05, 0.1) is 0 Å². The average Bonchev–Trinajstić information content (AvgIpc) is 2.56. The fraction of sp³-hybridized carbons (Fsp3) is 0.176. The predicted molar refractivity (Wildman–Crippen MR) is 99.8 cm³/mol. The van der Waals surface area contributed by atoms with Crippen molar-refractivity contribution in [3.63, 3.8) is 0 Å². The summed E-state index contributed by atoms with van der Waals surface area (Å²) < 4.78 is 1.04. The van der Waals surface area contributed by atoms with Crippen LogP contribution in [0.25, 0.3) is 0 Å². The zero-order valence-electron chi connectivity index (χ0n) is 12.9. The van der Waals surface area contributed by atoms with E-state index in [4.69, 9.17) is 5.73 Å². The van der Waals surface area contributed by atoms with Crippen molar-refractivity contribution < 1.29 is 9.59 Å². The lowest BCUT2D eigenvalue weighted by Crippen LogP contribution is -2.43. The van der Waals surface area contributed by atoms with Crippen LogP contribution in [0.2, 0.25) is 0 Å². The molecule has 2 rings (SSSR count). The van der Waals surface area contributed by atoms with E-state index in [0.29, 0.717) is 6.54 Å². The van der Waals surface area contributed by atoms with Gasteiger partial charge in [-0.3, -0.25) is 10.1 Å². The molecule has 0 saturated heterocycles. The van der Waals surface area contributed by atoms with Gasteiger partial charge in [0, 0.05) is 21.7 Å². The van der Waals surface area contributed by atoms with E-state index in [1.165, 1.54) is 0 Å². The van der Waals surface area contributed by atoms with Gasteiger partial charge in [0.15, 0.2) is 0 Å². The van der Waals surface area contributed by atoms with Crippen LogP contribution in [0.3, 0.4) is 0 Å². The molecular formula is C17H18BrN3O2S. The number of hydrogen-bond donors (Lipinski definition) is 3. The first kappa shape index (κ1) is 18.5. The molecule has 1 atom stereocenters. The maximum Gasteiger partial charge on any atom is 0.318 e. The molecular weight excluding hydrogens is 390 g/mol. The van der Waals surface area contributed by atoms with Crippen molar-refractivity contribution in [1.82, 2.24) is 10.6 Å². The molecule has 5 nitrogen and oxygen atoms in total. The molecule has 7 heteroatoms. The van der Waals surface area contributed by atoms with Crippen LogP contribution < -0.4 is 16.4 Å². The monoisotopic (exact) mass is 407 g/mol. The highest BCUT2D eigenvalue weighted by Gasteiger charge is 2.20. The van der Waals surface area contributed by atoms with Crippen LogP contribution in [0.1, 0.15) is 11.6 Å². The summed E-state index contributed by atoms with van der Waals surface area (Å²) in [5.74, 6) is 0.330. The molecule has 0 aliphatic heterocycles. The quantitative estimate of drug-likeness (QED) is 0.486. The number of nitrogens with two attached hydrogens (primary N) is 1. The Morgan fingerprint density at radius 2 is 1.75 bits per heavy atom. The van der Waals surface area contributed by atoms with Gasteiger partial charge in [-0.25, -0.2) is 4.79 Å². The van der Waals surface area contributed by atoms with Crippen LogP contribution >= 0.6 is 27.7 Å². The second-order valence-corrected chi connectivity index (χ2v) is 7.04. The lowest BCUT2D eigenvalue weighted by atomic mass is 10.1. The number of urea groups is 1. The summed E-state index contributed by atoms with van der Waals surface area (Å²) >= 11 is 5.09. The third kappa shape index (κ3) is 5.99. The number of hydrogen-bond acceptors (Lipinski definition) is 4. The molecule has 0 heterocycles. The van der Waals surface area contributed by atoms with Gasteiger partial charge in [-0.05, 0) is 29.8 Å². The lowest BCUT2D eigenvalue weighted by Gasteiger charge is -2.17. The first-order chi connectivity index (χ1) is 11.6. The maximum absolute atomic E-state index is 12.2. The zero-order valence-corrected chi connectivity index (χ0v) is 15.3. The Hall–Kier alpha value is -1.83. The van der Waals surface area contributed by atoms with E-state index in [2.05, 4.69) is 26.6 Å². The van der Waals surface area contributed by atoms with Gasteiger partial charge in [-0.15, -0.1) is 11.8 Å². The van der Waals surface area contributed by atoms with Crippen molar-refractivity contribution in [3.8, 4) is 0 Å². The van der Waals surface area contributed by atoms with E-state index in [0.717, 1.165) is 20.7 Å². The molecule has 24 heavy (non-hydrogen) atoms. The number of rotatable bonds is 7. The lowest BCUT2D eigenvalue weighted by molar-refractivity contribution is -0.122. The van der Waals surface area contributed by atoms with Crippen molar-refractivity contribution in [2.45, 2.75) is 10.9 Å². The Morgan fingerprint density at radius 3 is 2.38 bits per heavy atom. The summed E-state index contributed by atoms with van der Waals surface area (Å²) in [5, 5.41) is 5.30. The number of amides is 3. The summed E-state index contributed by atoms with van der Waals surface area (Å²) in [4.78, 5) is 24.3. The number of imide groups is 1. The zero-order chi connectivity index (χ0) is 17.4. The van der Waals surface area contributed by atoms with Crippen molar-refractivity contribution in [3.05, 3.63) is 64.6 Å². The van der Waals surface area contributed by atoms with Gasteiger partial charge in [-0.1, -0.05) is 46.3 Å². The van der Waals surface area contributed by atoms with Gasteiger partial charge in [0.2, 0.25) is 5.91 Å². The van der Waals surface area contributed by atoms with Crippen LogP contribution in [0.4, 0.5) is 4.79 Å². The van der Waals surface area contributed by atoms with Crippen molar-refractivity contribution >= 4 is 39.6 Å². The van der Waals surface area contributed by atoms with Gasteiger partial charge in [0.1, 0.15) is 6.04 Å². The molecule has 0 spiro atoms. The highest BCUT2D eigenvalue weighted by Crippen LogP contribution is 2.20. The largest absolute Gasteiger partial charge is 0.351 e. The fourth-order valence-electron chi connectivity index (χ4n) is 2.10. The SMILES string of the molecule is NC(=O)NC(=O)[C@@H](NCCSc1ccc(Br)cc1)c1ccccc1. The number of carbonyl (C=O) groups excluding carboxylic acids is 2. The molecule has 0 aliphatic carbocycles. The fourth-order valence-corrected chi connectivity index (χ4v) is 3.15. The molecule has 4 N–H and O–H groups in total. The molecule has 2 aromatic rings. The van der Waals surface area contributed by atoms with Crippen LogP contribution in [-0.4, -0.2) is 24.2 Å².